The molecule has 5 heteroatoms. The van der Waals surface area contributed by atoms with E-state index in [9.17, 15) is 4.79 Å². The molecule has 130 valence electrons. The van der Waals surface area contributed by atoms with Gasteiger partial charge in [0.05, 0.1) is 0 Å². The summed E-state index contributed by atoms with van der Waals surface area (Å²) >= 11 is 8.16. The lowest BCUT2D eigenvalue weighted by Crippen LogP contribution is -2.43. The van der Waals surface area contributed by atoms with Crippen LogP contribution in [-0.2, 0) is 4.79 Å². The summed E-state index contributed by atoms with van der Waals surface area (Å²) in [6.07, 6.45) is 7.08. The molecule has 0 aliphatic carbocycles. The Morgan fingerprint density at radius 2 is 2.08 bits per heavy atom. The average molecular weight is 365 g/mol. The SMILES string of the molecule is O=C(/C=C/c1ccccc1Cl)NCC1CCN([C@H]2CCSC2)CC1. The normalized spacial score (nSPS) is 23.0. The lowest BCUT2D eigenvalue weighted by atomic mass is 9.95. The molecule has 2 heterocycles. The van der Waals surface area contributed by atoms with E-state index in [1.165, 1.54) is 43.9 Å². The van der Waals surface area contributed by atoms with Crippen LogP contribution in [0.1, 0.15) is 24.8 Å². The van der Waals surface area contributed by atoms with Gasteiger partial charge in [0.25, 0.3) is 0 Å². The highest BCUT2D eigenvalue weighted by Gasteiger charge is 2.27. The fourth-order valence-electron chi connectivity index (χ4n) is 3.41. The molecule has 0 bridgehead atoms. The predicted octanol–water partition coefficient (Wildman–Crippen LogP) is 3.69. The first kappa shape index (κ1) is 17.8. The van der Waals surface area contributed by atoms with Crippen LogP contribution in [0.25, 0.3) is 6.08 Å². The van der Waals surface area contributed by atoms with Crippen LogP contribution in [0, 0.1) is 5.92 Å². The number of amides is 1. The molecular weight excluding hydrogens is 340 g/mol. The minimum atomic E-state index is -0.0375. The molecule has 0 radical (unpaired) electrons. The number of hydrogen-bond donors (Lipinski definition) is 1. The van der Waals surface area contributed by atoms with Crippen molar-refractivity contribution in [2.24, 2.45) is 5.92 Å². The Morgan fingerprint density at radius 1 is 1.29 bits per heavy atom. The average Bonchev–Trinajstić information content (AvgIpc) is 3.14. The molecule has 2 saturated heterocycles. The van der Waals surface area contributed by atoms with Gasteiger partial charge in [-0.3, -0.25) is 9.69 Å². The van der Waals surface area contributed by atoms with Crippen molar-refractivity contribution in [3.8, 4) is 0 Å². The number of carbonyl (C=O) groups is 1. The molecule has 1 aromatic carbocycles. The van der Waals surface area contributed by atoms with Crippen LogP contribution in [0.4, 0.5) is 0 Å². The summed E-state index contributed by atoms with van der Waals surface area (Å²) in [5, 5.41) is 3.70. The molecule has 2 fully saturated rings. The van der Waals surface area contributed by atoms with Crippen molar-refractivity contribution in [1.29, 1.82) is 0 Å². The van der Waals surface area contributed by atoms with Crippen molar-refractivity contribution < 1.29 is 4.79 Å². The Labute approximate surface area is 153 Å². The molecule has 24 heavy (non-hydrogen) atoms. The highest BCUT2D eigenvalue weighted by Crippen LogP contribution is 2.26. The van der Waals surface area contributed by atoms with Crippen LogP contribution >= 0.6 is 23.4 Å². The Balaban J connectivity index is 1.38. The van der Waals surface area contributed by atoms with Crippen molar-refractivity contribution in [2.45, 2.75) is 25.3 Å². The van der Waals surface area contributed by atoms with E-state index in [2.05, 4.69) is 22.0 Å². The minimum absolute atomic E-state index is 0.0375. The smallest absolute Gasteiger partial charge is 0.244 e. The van der Waals surface area contributed by atoms with E-state index in [1.54, 1.807) is 12.2 Å². The molecule has 2 aliphatic rings. The molecular formula is C19H25ClN2OS. The molecule has 1 aromatic rings. The molecule has 1 atom stereocenters. The van der Waals surface area contributed by atoms with E-state index in [0.29, 0.717) is 10.9 Å². The lowest BCUT2D eigenvalue weighted by molar-refractivity contribution is -0.116. The Hall–Kier alpha value is -0.970. The van der Waals surface area contributed by atoms with Crippen LogP contribution in [0.15, 0.2) is 30.3 Å². The summed E-state index contributed by atoms with van der Waals surface area (Å²) in [6, 6.07) is 8.33. The Bertz CT molecular complexity index is 578. The first-order valence-electron chi connectivity index (χ1n) is 8.74. The van der Waals surface area contributed by atoms with Crippen LogP contribution < -0.4 is 5.32 Å². The van der Waals surface area contributed by atoms with Crippen LogP contribution in [0.2, 0.25) is 5.02 Å². The number of nitrogens with one attached hydrogen (secondary N) is 1. The maximum Gasteiger partial charge on any atom is 0.244 e. The van der Waals surface area contributed by atoms with Gasteiger partial charge >= 0.3 is 0 Å². The minimum Gasteiger partial charge on any atom is -0.352 e. The first-order valence-corrected chi connectivity index (χ1v) is 10.3. The third-order valence-corrected chi connectivity index (χ3v) is 6.44. The first-order chi connectivity index (χ1) is 11.7. The largest absolute Gasteiger partial charge is 0.352 e. The Morgan fingerprint density at radius 3 is 2.79 bits per heavy atom. The van der Waals surface area contributed by atoms with Crippen molar-refractivity contribution in [2.75, 3.05) is 31.1 Å². The summed E-state index contributed by atoms with van der Waals surface area (Å²) in [5.74, 6) is 3.18. The number of nitrogens with zero attached hydrogens (tertiary/aromatic N) is 1. The van der Waals surface area contributed by atoms with Gasteiger partial charge < -0.3 is 5.32 Å². The summed E-state index contributed by atoms with van der Waals surface area (Å²) in [5.41, 5.74) is 0.872. The third kappa shape index (κ3) is 5.01. The number of rotatable bonds is 5. The molecule has 3 nitrogen and oxygen atoms in total. The second-order valence-corrected chi connectivity index (χ2v) is 8.15. The number of piperidine rings is 1. The van der Waals surface area contributed by atoms with E-state index in [-0.39, 0.29) is 5.91 Å². The van der Waals surface area contributed by atoms with Crippen molar-refractivity contribution in [1.82, 2.24) is 10.2 Å². The number of halogens is 1. The molecule has 2 aliphatic heterocycles. The van der Waals surface area contributed by atoms with Crippen LogP contribution in [-0.4, -0.2) is 48.0 Å². The van der Waals surface area contributed by atoms with Gasteiger partial charge in [0.15, 0.2) is 0 Å². The zero-order valence-corrected chi connectivity index (χ0v) is 15.5. The molecule has 0 unspecified atom stereocenters. The zero-order chi connectivity index (χ0) is 16.8. The van der Waals surface area contributed by atoms with Gasteiger partial charge in [-0.05, 0) is 61.7 Å². The lowest BCUT2D eigenvalue weighted by Gasteiger charge is -2.35. The summed E-state index contributed by atoms with van der Waals surface area (Å²) < 4.78 is 0. The number of carbonyl (C=O) groups excluding carboxylic acids is 1. The molecule has 1 N–H and O–H groups in total. The van der Waals surface area contributed by atoms with E-state index in [1.807, 2.05) is 24.3 Å². The van der Waals surface area contributed by atoms with E-state index < -0.39 is 0 Å². The van der Waals surface area contributed by atoms with Crippen molar-refractivity contribution in [3.63, 3.8) is 0 Å². The van der Waals surface area contributed by atoms with Gasteiger partial charge in [-0.2, -0.15) is 11.8 Å². The van der Waals surface area contributed by atoms with Gasteiger partial charge in [0.1, 0.15) is 0 Å². The van der Waals surface area contributed by atoms with E-state index >= 15 is 0 Å². The molecule has 0 spiro atoms. The monoisotopic (exact) mass is 364 g/mol. The second-order valence-electron chi connectivity index (χ2n) is 6.60. The third-order valence-electron chi connectivity index (χ3n) is 4.96. The standard InChI is InChI=1S/C19H25ClN2OS/c20-18-4-2-1-3-16(18)5-6-19(23)21-13-15-7-10-22(11-8-15)17-9-12-24-14-17/h1-6,15,17H,7-14H2,(H,21,23)/b6-5+/t17-/m0/s1. The number of thioether (sulfide) groups is 1. The van der Waals surface area contributed by atoms with Gasteiger partial charge in [0, 0.05) is 29.4 Å². The van der Waals surface area contributed by atoms with Gasteiger partial charge in [0.2, 0.25) is 5.91 Å². The number of likely N-dealkylation sites (tertiary alicyclic amines) is 1. The maximum absolute atomic E-state index is 12.0. The summed E-state index contributed by atoms with van der Waals surface area (Å²) in [4.78, 5) is 14.6. The molecule has 1 amide bonds. The zero-order valence-electron chi connectivity index (χ0n) is 13.9. The fraction of sp³-hybridized carbons (Fsp3) is 0.526. The molecule has 3 rings (SSSR count). The number of benzene rings is 1. The summed E-state index contributed by atoms with van der Waals surface area (Å²) in [7, 11) is 0. The van der Waals surface area contributed by atoms with Crippen LogP contribution in [0.5, 0.6) is 0 Å². The number of hydrogen-bond acceptors (Lipinski definition) is 3. The predicted molar refractivity (Wildman–Crippen MR) is 104 cm³/mol. The van der Waals surface area contributed by atoms with Crippen molar-refractivity contribution in [3.05, 3.63) is 40.9 Å². The topological polar surface area (TPSA) is 32.3 Å². The highest BCUT2D eigenvalue weighted by molar-refractivity contribution is 7.99. The molecule has 0 aromatic heterocycles. The van der Waals surface area contributed by atoms with Gasteiger partial charge in [-0.25, -0.2) is 0 Å². The van der Waals surface area contributed by atoms with Crippen molar-refractivity contribution >= 4 is 35.3 Å². The van der Waals surface area contributed by atoms with E-state index in [0.717, 1.165) is 18.2 Å². The summed E-state index contributed by atoms with van der Waals surface area (Å²) in [6.45, 7) is 3.14. The molecule has 0 saturated carbocycles. The fourth-order valence-corrected chi connectivity index (χ4v) is 4.87. The highest BCUT2D eigenvalue weighted by atomic mass is 35.5. The Kier molecular flexibility index (Phi) is 6.64. The quantitative estimate of drug-likeness (QED) is 0.809. The maximum atomic E-state index is 12.0. The van der Waals surface area contributed by atoms with Gasteiger partial charge in [-0.1, -0.05) is 29.8 Å². The second kappa shape index (κ2) is 8.93. The van der Waals surface area contributed by atoms with E-state index in [4.69, 9.17) is 11.6 Å². The van der Waals surface area contributed by atoms with Gasteiger partial charge in [-0.15, -0.1) is 0 Å². The van der Waals surface area contributed by atoms with Crippen LogP contribution in [0.3, 0.4) is 0 Å².